The fourth-order valence-electron chi connectivity index (χ4n) is 2.37. The molecule has 0 aliphatic heterocycles. The molecular formula is C17H26CuN6O4. The van der Waals surface area contributed by atoms with Crippen LogP contribution in [0.15, 0.2) is 30.3 Å². The van der Waals surface area contributed by atoms with Crippen molar-refractivity contribution in [3.63, 3.8) is 0 Å². The Morgan fingerprint density at radius 1 is 1.11 bits per heavy atom. The summed E-state index contributed by atoms with van der Waals surface area (Å²) in [6.45, 7) is 0.0475. The molecule has 2 atom stereocenters. The summed E-state index contributed by atoms with van der Waals surface area (Å²) in [6, 6.07) is 6.84. The van der Waals surface area contributed by atoms with E-state index in [4.69, 9.17) is 16.9 Å². The number of hydrogen-bond donors (Lipinski definition) is 7. The molecule has 0 saturated carbocycles. The number of hydrogen-bond acceptors (Lipinski definition) is 5. The predicted molar refractivity (Wildman–Crippen MR) is 99.8 cm³/mol. The molecule has 28 heavy (non-hydrogen) atoms. The molecule has 0 heterocycles. The number of carboxylic acid groups (broad SMARTS) is 1. The van der Waals surface area contributed by atoms with Crippen molar-refractivity contribution < 1.29 is 36.6 Å². The number of nitrogens with one attached hydrogen (secondary N) is 4. The molecule has 10 nitrogen and oxygen atoms in total. The first-order valence-electron chi connectivity index (χ1n) is 8.48. The second-order valence-electron chi connectivity index (χ2n) is 5.90. The number of benzene rings is 1. The van der Waals surface area contributed by atoms with Gasteiger partial charge in [-0.2, -0.15) is 0 Å². The molecule has 1 aromatic carbocycles. The number of aliphatic carboxylic acids is 1. The zero-order valence-corrected chi connectivity index (χ0v) is 16.1. The van der Waals surface area contributed by atoms with Gasteiger partial charge in [0.1, 0.15) is 12.1 Å². The van der Waals surface area contributed by atoms with Crippen LogP contribution < -0.4 is 27.4 Å². The van der Waals surface area contributed by atoms with Gasteiger partial charge in [0, 0.05) is 30.0 Å². The predicted octanol–water partition coefficient (Wildman–Crippen LogP) is -1.50. The van der Waals surface area contributed by atoms with E-state index in [0.717, 1.165) is 5.56 Å². The molecule has 0 aliphatic rings. The van der Waals surface area contributed by atoms with Crippen LogP contribution in [-0.2, 0) is 37.9 Å². The minimum atomic E-state index is -1.17. The van der Waals surface area contributed by atoms with Crippen molar-refractivity contribution in [2.24, 2.45) is 11.5 Å². The van der Waals surface area contributed by atoms with Crippen molar-refractivity contribution in [3.05, 3.63) is 35.9 Å². The Balaban J connectivity index is 0.00000729. The second-order valence-corrected chi connectivity index (χ2v) is 5.90. The van der Waals surface area contributed by atoms with Gasteiger partial charge < -0.3 is 32.5 Å². The number of nitrogens with two attached hydrogens (primary N) is 2. The third-order valence-electron chi connectivity index (χ3n) is 3.72. The molecule has 0 spiro atoms. The fourth-order valence-corrected chi connectivity index (χ4v) is 2.37. The smallest absolute Gasteiger partial charge is 0.326 e. The van der Waals surface area contributed by atoms with Crippen LogP contribution in [0.25, 0.3) is 0 Å². The van der Waals surface area contributed by atoms with Gasteiger partial charge in [0.2, 0.25) is 11.8 Å². The topological polar surface area (TPSA) is 183 Å². The maximum atomic E-state index is 12.5. The van der Waals surface area contributed by atoms with Gasteiger partial charge in [0.05, 0.1) is 6.54 Å². The number of carboxylic acids is 1. The summed E-state index contributed by atoms with van der Waals surface area (Å²) in [6.07, 6.45) is 0.778. The van der Waals surface area contributed by atoms with E-state index >= 15 is 0 Å². The van der Waals surface area contributed by atoms with Gasteiger partial charge in [-0.3, -0.25) is 15.0 Å². The Bertz CT molecular complexity index is 658. The first-order chi connectivity index (χ1) is 12.8. The van der Waals surface area contributed by atoms with Crippen molar-refractivity contribution in [1.82, 2.24) is 16.0 Å². The van der Waals surface area contributed by atoms with Crippen molar-refractivity contribution in [3.8, 4) is 0 Å². The second kappa shape index (κ2) is 13.5. The average Bonchev–Trinajstić information content (AvgIpc) is 2.63. The van der Waals surface area contributed by atoms with Crippen molar-refractivity contribution in [1.29, 1.82) is 5.41 Å². The largest absolute Gasteiger partial charge is 0.480 e. The minimum Gasteiger partial charge on any atom is -0.480 e. The molecule has 0 aliphatic carbocycles. The summed E-state index contributed by atoms with van der Waals surface area (Å²) in [4.78, 5) is 35.6. The zero-order chi connectivity index (χ0) is 20.2. The summed E-state index contributed by atoms with van der Waals surface area (Å²) in [5, 5.41) is 24.0. The molecular weight excluding hydrogens is 416 g/mol. The summed E-state index contributed by atoms with van der Waals surface area (Å²) < 4.78 is 0. The number of carbonyl (C=O) groups excluding carboxylic acids is 2. The van der Waals surface area contributed by atoms with E-state index in [-0.39, 0.29) is 42.4 Å². The van der Waals surface area contributed by atoms with Gasteiger partial charge in [0.25, 0.3) is 0 Å². The standard InChI is InChI=1S/C17H26N6O4.Cu/c18-10-14(24)22-12(7-4-8-21-17(19)20)15(25)23-13(16(26)27)9-11-5-2-1-3-6-11;/h1-3,5-6,12-13H,4,7-10,18H2,(H,22,24)(H,23,25)(H,26,27)(H4,19,20,21);. The summed E-state index contributed by atoms with van der Waals surface area (Å²) in [7, 11) is 0. The molecule has 0 fully saturated rings. The van der Waals surface area contributed by atoms with Gasteiger partial charge in [-0.1, -0.05) is 30.3 Å². The first-order valence-corrected chi connectivity index (χ1v) is 8.48. The SMILES string of the molecule is N=C(N)NCCCC(NC(=O)CN)C(=O)NC(Cc1ccccc1)C(=O)O.[Cu]. The molecule has 2 unspecified atom stereocenters. The van der Waals surface area contributed by atoms with Gasteiger partial charge in [-0.25, -0.2) is 4.79 Å². The average molecular weight is 442 g/mol. The summed E-state index contributed by atoms with van der Waals surface area (Å²) in [5.74, 6) is -2.50. The molecule has 1 aromatic rings. The van der Waals surface area contributed by atoms with Gasteiger partial charge in [0.15, 0.2) is 5.96 Å². The van der Waals surface area contributed by atoms with Crippen LogP contribution in [-0.4, -0.2) is 54.0 Å². The molecule has 11 heteroatoms. The Morgan fingerprint density at radius 3 is 2.29 bits per heavy atom. The van der Waals surface area contributed by atoms with E-state index in [9.17, 15) is 19.5 Å². The molecule has 1 radical (unpaired) electrons. The van der Waals surface area contributed by atoms with Crippen LogP contribution in [0, 0.1) is 5.41 Å². The number of carbonyl (C=O) groups is 3. The normalized spacial score (nSPS) is 12.0. The molecule has 0 saturated heterocycles. The van der Waals surface area contributed by atoms with E-state index in [1.807, 2.05) is 6.07 Å². The van der Waals surface area contributed by atoms with Crippen molar-refractivity contribution in [2.75, 3.05) is 13.1 Å². The van der Waals surface area contributed by atoms with Crippen LogP contribution in [0.1, 0.15) is 18.4 Å². The first kappa shape index (κ1) is 25.4. The van der Waals surface area contributed by atoms with Crippen LogP contribution >= 0.6 is 0 Å². The molecule has 159 valence electrons. The van der Waals surface area contributed by atoms with E-state index in [2.05, 4.69) is 16.0 Å². The number of guanidine groups is 1. The van der Waals surface area contributed by atoms with Gasteiger partial charge in [-0.15, -0.1) is 0 Å². The molecule has 9 N–H and O–H groups in total. The van der Waals surface area contributed by atoms with E-state index in [1.165, 1.54) is 0 Å². The maximum absolute atomic E-state index is 12.5. The Morgan fingerprint density at radius 2 is 1.75 bits per heavy atom. The van der Waals surface area contributed by atoms with Crippen LogP contribution in [0.2, 0.25) is 0 Å². The quantitative estimate of drug-likeness (QED) is 0.0942. The molecule has 1 rings (SSSR count). The third kappa shape index (κ3) is 9.91. The minimum absolute atomic E-state index is 0. The van der Waals surface area contributed by atoms with E-state index < -0.39 is 29.9 Å². The Kier molecular flexibility index (Phi) is 12.3. The van der Waals surface area contributed by atoms with Crippen LogP contribution in [0.3, 0.4) is 0 Å². The summed E-state index contributed by atoms with van der Waals surface area (Å²) >= 11 is 0. The molecule has 0 bridgehead atoms. The number of rotatable bonds is 11. The van der Waals surface area contributed by atoms with Crippen molar-refractivity contribution >= 4 is 23.7 Å². The van der Waals surface area contributed by atoms with E-state index in [0.29, 0.717) is 13.0 Å². The fraction of sp³-hybridized carbons (Fsp3) is 0.412. The monoisotopic (exact) mass is 441 g/mol. The Hall–Kier alpha value is -2.62. The van der Waals surface area contributed by atoms with Gasteiger partial charge >= 0.3 is 5.97 Å². The third-order valence-corrected chi connectivity index (χ3v) is 3.72. The maximum Gasteiger partial charge on any atom is 0.326 e. The van der Waals surface area contributed by atoms with E-state index in [1.54, 1.807) is 24.3 Å². The number of amides is 2. The Labute approximate surface area is 173 Å². The van der Waals surface area contributed by atoms with Crippen LogP contribution in [0.5, 0.6) is 0 Å². The molecule has 0 aromatic heterocycles. The molecule has 2 amide bonds. The van der Waals surface area contributed by atoms with Crippen LogP contribution in [0.4, 0.5) is 0 Å². The summed E-state index contributed by atoms with van der Waals surface area (Å²) in [5.41, 5.74) is 11.2. The zero-order valence-electron chi connectivity index (χ0n) is 15.2. The van der Waals surface area contributed by atoms with Crippen molar-refractivity contribution in [2.45, 2.75) is 31.3 Å². The van der Waals surface area contributed by atoms with Gasteiger partial charge in [-0.05, 0) is 18.4 Å².